The van der Waals surface area contributed by atoms with Gasteiger partial charge in [-0.15, -0.1) is 0 Å². The Balaban J connectivity index is 1.82. The third kappa shape index (κ3) is 5.48. The van der Waals surface area contributed by atoms with E-state index in [1.807, 2.05) is 30.3 Å². The number of benzene rings is 3. The quantitative estimate of drug-likeness (QED) is 0.578. The second kappa shape index (κ2) is 9.72. The van der Waals surface area contributed by atoms with Crippen molar-refractivity contribution in [3.8, 4) is 5.75 Å². The molecule has 0 fully saturated rings. The first-order valence-electron chi connectivity index (χ1n) is 9.57. The van der Waals surface area contributed by atoms with Crippen LogP contribution in [-0.2, 0) is 16.4 Å². The molecule has 0 heterocycles. The van der Waals surface area contributed by atoms with Gasteiger partial charge in [-0.3, -0.25) is 4.79 Å². The third-order valence-corrected chi connectivity index (χ3v) is 6.25. The number of carbonyl (C=O) groups is 1. The van der Waals surface area contributed by atoms with E-state index in [-0.39, 0.29) is 22.8 Å². The number of halogens is 1. The highest BCUT2D eigenvalue weighted by molar-refractivity contribution is 7.89. The normalized spacial score (nSPS) is 11.2. The van der Waals surface area contributed by atoms with Gasteiger partial charge in [-0.05, 0) is 54.4 Å². The highest BCUT2D eigenvalue weighted by Gasteiger charge is 2.23. The molecule has 162 valence electrons. The number of hydrogen-bond donors (Lipinski definition) is 1. The molecule has 0 bridgehead atoms. The average Bonchev–Trinajstić information content (AvgIpc) is 2.78. The Hall–Kier alpha value is -3.23. The second-order valence-corrected chi connectivity index (χ2v) is 8.57. The molecule has 3 aromatic rings. The average molecular weight is 443 g/mol. The summed E-state index contributed by atoms with van der Waals surface area (Å²) in [6.45, 7) is 0.198. The lowest BCUT2D eigenvalue weighted by Gasteiger charge is -2.18. The summed E-state index contributed by atoms with van der Waals surface area (Å²) in [4.78, 5) is 14.1. The molecule has 0 spiro atoms. The van der Waals surface area contributed by atoms with Crippen LogP contribution in [0.4, 0.5) is 10.1 Å². The standard InChI is InChI=1S/C23H23FN2O4S/c1-26(20-11-9-19(24)10-12-20)23(27)18-8-13-21(30-2)22(16-18)31(28,29)25-15-14-17-6-4-3-5-7-17/h3-13,16,25H,14-15H2,1-2H3. The smallest absolute Gasteiger partial charge is 0.258 e. The molecule has 8 heteroatoms. The SMILES string of the molecule is COc1ccc(C(=O)N(C)c2ccc(F)cc2)cc1S(=O)(=O)NCCc1ccccc1. The van der Waals surface area contributed by atoms with Crippen LogP contribution < -0.4 is 14.4 Å². The Labute approximate surface area is 181 Å². The molecule has 3 aromatic carbocycles. The summed E-state index contributed by atoms with van der Waals surface area (Å²) in [5.74, 6) is -0.716. The molecule has 0 unspecified atom stereocenters. The van der Waals surface area contributed by atoms with Crippen LogP contribution in [0.25, 0.3) is 0 Å². The number of sulfonamides is 1. The monoisotopic (exact) mass is 442 g/mol. The molecular weight excluding hydrogens is 419 g/mol. The van der Waals surface area contributed by atoms with Crippen molar-refractivity contribution >= 4 is 21.6 Å². The number of nitrogens with one attached hydrogen (secondary N) is 1. The molecule has 1 N–H and O–H groups in total. The Morgan fingerprint density at radius 2 is 1.71 bits per heavy atom. The molecule has 1 amide bonds. The molecule has 0 aliphatic carbocycles. The second-order valence-electron chi connectivity index (χ2n) is 6.84. The van der Waals surface area contributed by atoms with Gasteiger partial charge in [0.15, 0.2) is 0 Å². The van der Waals surface area contributed by atoms with Gasteiger partial charge in [-0.25, -0.2) is 17.5 Å². The van der Waals surface area contributed by atoms with Crippen LogP contribution in [0.5, 0.6) is 5.75 Å². The van der Waals surface area contributed by atoms with E-state index in [9.17, 15) is 17.6 Å². The topological polar surface area (TPSA) is 75.7 Å². The molecule has 6 nitrogen and oxygen atoms in total. The zero-order valence-electron chi connectivity index (χ0n) is 17.2. The van der Waals surface area contributed by atoms with Gasteiger partial charge in [0.25, 0.3) is 5.91 Å². The number of anilines is 1. The predicted octanol–water partition coefficient (Wildman–Crippen LogP) is 3.63. The third-order valence-electron chi connectivity index (χ3n) is 4.77. The van der Waals surface area contributed by atoms with Crippen LogP contribution in [0.2, 0.25) is 0 Å². The minimum Gasteiger partial charge on any atom is -0.495 e. The van der Waals surface area contributed by atoms with Crippen molar-refractivity contribution in [1.29, 1.82) is 0 Å². The van der Waals surface area contributed by atoms with Crippen LogP contribution >= 0.6 is 0 Å². The fraction of sp³-hybridized carbons (Fsp3) is 0.174. The molecule has 0 aliphatic rings. The lowest BCUT2D eigenvalue weighted by atomic mass is 10.1. The summed E-state index contributed by atoms with van der Waals surface area (Å²) in [5.41, 5.74) is 1.64. The van der Waals surface area contributed by atoms with Crippen molar-refractivity contribution in [2.75, 3.05) is 25.6 Å². The van der Waals surface area contributed by atoms with E-state index in [0.29, 0.717) is 12.1 Å². The van der Waals surface area contributed by atoms with Crippen LogP contribution in [0.1, 0.15) is 15.9 Å². The lowest BCUT2D eigenvalue weighted by molar-refractivity contribution is 0.0992. The van der Waals surface area contributed by atoms with Crippen LogP contribution in [0.3, 0.4) is 0 Å². The van der Waals surface area contributed by atoms with Crippen molar-refractivity contribution in [2.24, 2.45) is 0 Å². The summed E-state index contributed by atoms with van der Waals surface area (Å²) in [6.07, 6.45) is 0.522. The number of ether oxygens (including phenoxy) is 1. The van der Waals surface area contributed by atoms with E-state index in [0.717, 1.165) is 5.56 Å². The lowest BCUT2D eigenvalue weighted by Crippen LogP contribution is -2.28. The number of nitrogens with zero attached hydrogens (tertiary/aromatic N) is 1. The Morgan fingerprint density at radius 1 is 1.03 bits per heavy atom. The van der Waals surface area contributed by atoms with Gasteiger partial charge in [-0.1, -0.05) is 30.3 Å². The van der Waals surface area contributed by atoms with Crippen molar-refractivity contribution < 1.29 is 22.3 Å². The van der Waals surface area contributed by atoms with Gasteiger partial charge in [0.1, 0.15) is 16.5 Å². The number of carbonyl (C=O) groups excluding carboxylic acids is 1. The van der Waals surface area contributed by atoms with Crippen LogP contribution in [0.15, 0.2) is 77.7 Å². The molecule has 0 radical (unpaired) electrons. The van der Waals surface area contributed by atoms with E-state index >= 15 is 0 Å². The molecule has 31 heavy (non-hydrogen) atoms. The molecular formula is C23H23FN2O4S. The molecule has 0 saturated heterocycles. The number of hydrogen-bond acceptors (Lipinski definition) is 4. The van der Waals surface area contributed by atoms with E-state index in [4.69, 9.17) is 4.74 Å². The molecule has 0 aromatic heterocycles. The Morgan fingerprint density at radius 3 is 2.35 bits per heavy atom. The maximum absolute atomic E-state index is 13.2. The Kier molecular flexibility index (Phi) is 7.04. The summed E-state index contributed by atoms with van der Waals surface area (Å²) < 4.78 is 46.7. The predicted molar refractivity (Wildman–Crippen MR) is 117 cm³/mol. The van der Waals surface area contributed by atoms with E-state index in [2.05, 4.69) is 4.72 Å². The van der Waals surface area contributed by atoms with Crippen molar-refractivity contribution in [3.63, 3.8) is 0 Å². The zero-order chi connectivity index (χ0) is 22.4. The maximum atomic E-state index is 13.2. The maximum Gasteiger partial charge on any atom is 0.258 e. The molecule has 0 atom stereocenters. The van der Waals surface area contributed by atoms with Gasteiger partial charge < -0.3 is 9.64 Å². The minimum absolute atomic E-state index is 0.124. The van der Waals surface area contributed by atoms with Crippen LogP contribution in [0, 0.1) is 5.82 Å². The minimum atomic E-state index is -3.92. The van der Waals surface area contributed by atoms with E-state index in [1.165, 1.54) is 61.5 Å². The number of amides is 1. The Bertz CT molecular complexity index is 1150. The van der Waals surface area contributed by atoms with Gasteiger partial charge in [0.2, 0.25) is 10.0 Å². The molecule has 0 aliphatic heterocycles. The fourth-order valence-electron chi connectivity index (χ4n) is 3.05. The zero-order valence-corrected chi connectivity index (χ0v) is 18.0. The largest absolute Gasteiger partial charge is 0.495 e. The van der Waals surface area contributed by atoms with Gasteiger partial charge in [0.05, 0.1) is 7.11 Å². The van der Waals surface area contributed by atoms with E-state index in [1.54, 1.807) is 0 Å². The fourth-order valence-corrected chi connectivity index (χ4v) is 4.27. The van der Waals surface area contributed by atoms with Gasteiger partial charge in [0, 0.05) is 24.8 Å². The van der Waals surface area contributed by atoms with Gasteiger partial charge in [-0.2, -0.15) is 0 Å². The summed E-state index contributed by atoms with van der Waals surface area (Å²) in [5, 5.41) is 0. The molecule has 0 saturated carbocycles. The first-order chi connectivity index (χ1) is 14.8. The first-order valence-corrected chi connectivity index (χ1v) is 11.1. The van der Waals surface area contributed by atoms with Crippen molar-refractivity contribution in [3.05, 3.63) is 89.7 Å². The summed E-state index contributed by atoms with van der Waals surface area (Å²) in [6, 6.07) is 19.2. The van der Waals surface area contributed by atoms with Crippen molar-refractivity contribution in [1.82, 2.24) is 4.72 Å². The highest BCUT2D eigenvalue weighted by Crippen LogP contribution is 2.26. The number of rotatable bonds is 8. The first kappa shape index (κ1) is 22.5. The van der Waals surface area contributed by atoms with Gasteiger partial charge >= 0.3 is 0 Å². The van der Waals surface area contributed by atoms with Crippen molar-refractivity contribution in [2.45, 2.75) is 11.3 Å². The van der Waals surface area contributed by atoms with Crippen LogP contribution in [-0.4, -0.2) is 35.0 Å². The molecule has 3 rings (SSSR count). The van der Waals surface area contributed by atoms with E-state index < -0.39 is 21.7 Å². The summed E-state index contributed by atoms with van der Waals surface area (Å²) >= 11 is 0. The number of methoxy groups -OCH3 is 1. The summed E-state index contributed by atoms with van der Waals surface area (Å²) in [7, 11) is -1.02. The highest BCUT2D eigenvalue weighted by atomic mass is 32.2.